The Hall–Kier alpha value is -2.08. The highest BCUT2D eigenvalue weighted by atomic mass is 32.1. The lowest BCUT2D eigenvalue weighted by molar-refractivity contribution is 0.603. The standard InChI is InChI=1S/C12H9F2N3S/c13-7-1-2-9(14)10(5-7)17-8-3-4-16-11(6-8)12(15)18/h1-6H,(H2,15,18)(H,16,17). The number of halogens is 2. The van der Waals surface area contributed by atoms with E-state index in [4.69, 9.17) is 18.0 Å². The second-order valence-electron chi connectivity index (χ2n) is 3.54. The Kier molecular flexibility index (Phi) is 3.47. The SMILES string of the molecule is NC(=S)c1cc(Nc2cc(F)ccc2F)ccn1. The third kappa shape index (κ3) is 2.78. The van der Waals surface area contributed by atoms with E-state index < -0.39 is 11.6 Å². The van der Waals surface area contributed by atoms with Crippen molar-refractivity contribution < 1.29 is 8.78 Å². The summed E-state index contributed by atoms with van der Waals surface area (Å²) in [7, 11) is 0. The van der Waals surface area contributed by atoms with Gasteiger partial charge in [0.25, 0.3) is 0 Å². The highest BCUT2D eigenvalue weighted by Crippen LogP contribution is 2.21. The summed E-state index contributed by atoms with van der Waals surface area (Å²) in [5.41, 5.74) is 6.41. The Morgan fingerprint density at radius 3 is 2.72 bits per heavy atom. The molecule has 0 saturated heterocycles. The lowest BCUT2D eigenvalue weighted by atomic mass is 10.2. The molecule has 1 heterocycles. The van der Waals surface area contributed by atoms with E-state index in [1.54, 1.807) is 12.1 Å². The lowest BCUT2D eigenvalue weighted by Gasteiger charge is -2.08. The molecule has 0 radical (unpaired) electrons. The highest BCUT2D eigenvalue weighted by molar-refractivity contribution is 7.80. The van der Waals surface area contributed by atoms with E-state index in [9.17, 15) is 8.78 Å². The van der Waals surface area contributed by atoms with Crippen LogP contribution in [-0.4, -0.2) is 9.97 Å². The number of benzene rings is 1. The average molecular weight is 265 g/mol. The molecule has 18 heavy (non-hydrogen) atoms. The van der Waals surface area contributed by atoms with Gasteiger partial charge in [0.05, 0.1) is 11.4 Å². The molecule has 3 nitrogen and oxygen atoms in total. The number of anilines is 2. The molecule has 0 aliphatic rings. The van der Waals surface area contributed by atoms with Gasteiger partial charge in [-0.25, -0.2) is 8.78 Å². The van der Waals surface area contributed by atoms with Gasteiger partial charge in [0.15, 0.2) is 0 Å². The summed E-state index contributed by atoms with van der Waals surface area (Å²) in [4.78, 5) is 4.08. The topological polar surface area (TPSA) is 50.9 Å². The summed E-state index contributed by atoms with van der Waals surface area (Å²) in [6.45, 7) is 0. The summed E-state index contributed by atoms with van der Waals surface area (Å²) in [5, 5.41) is 2.74. The fourth-order valence-corrected chi connectivity index (χ4v) is 1.50. The molecule has 2 aromatic rings. The van der Waals surface area contributed by atoms with E-state index in [1.165, 1.54) is 6.20 Å². The number of hydrogen-bond donors (Lipinski definition) is 2. The van der Waals surface area contributed by atoms with Crippen LogP contribution in [0.4, 0.5) is 20.2 Å². The van der Waals surface area contributed by atoms with Crippen LogP contribution in [0, 0.1) is 11.6 Å². The van der Waals surface area contributed by atoms with Crippen LogP contribution in [0.3, 0.4) is 0 Å². The number of nitrogens with one attached hydrogen (secondary N) is 1. The Morgan fingerprint density at radius 1 is 1.22 bits per heavy atom. The predicted molar refractivity (Wildman–Crippen MR) is 69.8 cm³/mol. The number of thiocarbonyl (C=S) groups is 1. The van der Waals surface area contributed by atoms with Crippen LogP contribution < -0.4 is 11.1 Å². The first-order valence-corrected chi connectivity index (χ1v) is 5.45. The van der Waals surface area contributed by atoms with E-state index in [0.717, 1.165) is 18.2 Å². The van der Waals surface area contributed by atoms with Gasteiger partial charge in [-0.05, 0) is 24.3 Å². The number of hydrogen-bond acceptors (Lipinski definition) is 3. The van der Waals surface area contributed by atoms with Crippen LogP contribution in [0.2, 0.25) is 0 Å². The zero-order valence-electron chi connectivity index (χ0n) is 9.15. The van der Waals surface area contributed by atoms with Crippen LogP contribution in [0.1, 0.15) is 5.69 Å². The molecular weight excluding hydrogens is 256 g/mol. The molecule has 2 rings (SSSR count). The van der Waals surface area contributed by atoms with E-state index in [2.05, 4.69) is 10.3 Å². The molecular formula is C12H9F2N3S. The predicted octanol–water partition coefficient (Wildman–Crippen LogP) is 2.74. The van der Waals surface area contributed by atoms with E-state index in [-0.39, 0.29) is 10.7 Å². The summed E-state index contributed by atoms with van der Waals surface area (Å²) in [6.07, 6.45) is 1.48. The largest absolute Gasteiger partial charge is 0.388 e. The molecule has 0 amide bonds. The normalized spacial score (nSPS) is 10.1. The molecule has 0 saturated carbocycles. The maximum Gasteiger partial charge on any atom is 0.146 e. The van der Waals surface area contributed by atoms with Crippen molar-refractivity contribution in [1.82, 2.24) is 4.98 Å². The monoisotopic (exact) mass is 265 g/mol. The molecule has 92 valence electrons. The molecule has 0 spiro atoms. The third-order valence-corrected chi connectivity index (χ3v) is 2.43. The van der Waals surface area contributed by atoms with Gasteiger partial charge in [0, 0.05) is 18.0 Å². The van der Waals surface area contributed by atoms with Crippen molar-refractivity contribution in [3.05, 3.63) is 53.9 Å². The van der Waals surface area contributed by atoms with Gasteiger partial charge in [-0.15, -0.1) is 0 Å². The number of aromatic nitrogens is 1. The molecule has 0 bridgehead atoms. The average Bonchev–Trinajstić information content (AvgIpc) is 2.34. The van der Waals surface area contributed by atoms with Crippen molar-refractivity contribution in [2.45, 2.75) is 0 Å². The Bertz CT molecular complexity index is 602. The number of nitrogens with two attached hydrogens (primary N) is 1. The van der Waals surface area contributed by atoms with Gasteiger partial charge >= 0.3 is 0 Å². The molecule has 1 aromatic heterocycles. The smallest absolute Gasteiger partial charge is 0.146 e. The van der Waals surface area contributed by atoms with E-state index in [1.807, 2.05) is 0 Å². The summed E-state index contributed by atoms with van der Waals surface area (Å²) >= 11 is 4.79. The summed E-state index contributed by atoms with van der Waals surface area (Å²) in [6, 6.07) is 6.33. The molecule has 0 unspecified atom stereocenters. The minimum absolute atomic E-state index is 0.0371. The molecule has 6 heteroatoms. The van der Waals surface area contributed by atoms with Crippen LogP contribution in [0.5, 0.6) is 0 Å². The van der Waals surface area contributed by atoms with Crippen LogP contribution >= 0.6 is 12.2 Å². The Labute approximate surface area is 108 Å². The van der Waals surface area contributed by atoms with Gasteiger partial charge in [-0.2, -0.15) is 0 Å². The fourth-order valence-electron chi connectivity index (χ4n) is 1.39. The third-order valence-electron chi connectivity index (χ3n) is 2.22. The van der Waals surface area contributed by atoms with Crippen LogP contribution in [-0.2, 0) is 0 Å². The summed E-state index contributed by atoms with van der Waals surface area (Å²) in [5.74, 6) is -1.08. The minimum atomic E-state index is -0.551. The van der Waals surface area contributed by atoms with Crippen LogP contribution in [0.25, 0.3) is 0 Å². The maximum absolute atomic E-state index is 13.4. The first-order chi connectivity index (χ1) is 8.56. The molecule has 0 atom stereocenters. The molecule has 1 aromatic carbocycles. The summed E-state index contributed by atoms with van der Waals surface area (Å²) < 4.78 is 26.4. The second-order valence-corrected chi connectivity index (χ2v) is 3.98. The number of pyridine rings is 1. The maximum atomic E-state index is 13.4. The Balaban J connectivity index is 2.31. The van der Waals surface area contributed by atoms with Gasteiger partial charge in [0.2, 0.25) is 0 Å². The lowest BCUT2D eigenvalue weighted by Crippen LogP contribution is -2.11. The van der Waals surface area contributed by atoms with Crippen molar-refractivity contribution in [3.8, 4) is 0 Å². The quantitative estimate of drug-likeness (QED) is 0.838. The first kappa shape index (κ1) is 12.4. The zero-order chi connectivity index (χ0) is 13.1. The van der Waals surface area contributed by atoms with Gasteiger partial charge < -0.3 is 11.1 Å². The minimum Gasteiger partial charge on any atom is -0.388 e. The Morgan fingerprint density at radius 2 is 2.00 bits per heavy atom. The number of nitrogens with zero attached hydrogens (tertiary/aromatic N) is 1. The van der Waals surface area contributed by atoms with Gasteiger partial charge in [0.1, 0.15) is 16.6 Å². The van der Waals surface area contributed by atoms with E-state index in [0.29, 0.717) is 11.4 Å². The van der Waals surface area contributed by atoms with Crippen molar-refractivity contribution >= 4 is 28.6 Å². The molecule has 0 fully saturated rings. The van der Waals surface area contributed by atoms with Crippen molar-refractivity contribution in [2.75, 3.05) is 5.32 Å². The zero-order valence-corrected chi connectivity index (χ0v) is 9.97. The van der Waals surface area contributed by atoms with E-state index >= 15 is 0 Å². The van der Waals surface area contributed by atoms with Gasteiger partial charge in [-0.1, -0.05) is 12.2 Å². The second kappa shape index (κ2) is 5.05. The molecule has 0 aliphatic carbocycles. The molecule has 3 N–H and O–H groups in total. The van der Waals surface area contributed by atoms with Gasteiger partial charge in [-0.3, -0.25) is 4.98 Å². The fraction of sp³-hybridized carbons (Fsp3) is 0. The highest BCUT2D eigenvalue weighted by Gasteiger charge is 2.05. The molecule has 0 aliphatic heterocycles. The van der Waals surface area contributed by atoms with Crippen molar-refractivity contribution in [3.63, 3.8) is 0 Å². The van der Waals surface area contributed by atoms with Crippen LogP contribution in [0.15, 0.2) is 36.5 Å². The number of rotatable bonds is 3. The van der Waals surface area contributed by atoms with Crippen molar-refractivity contribution in [1.29, 1.82) is 0 Å². The van der Waals surface area contributed by atoms with Crippen molar-refractivity contribution in [2.24, 2.45) is 5.73 Å². The first-order valence-electron chi connectivity index (χ1n) is 5.04.